The molecule has 16 heavy (non-hydrogen) atoms. The Bertz CT molecular complexity index is 388. The molecule has 1 aliphatic rings. The molecule has 88 valence electrons. The van der Waals surface area contributed by atoms with Crippen LogP contribution >= 0.6 is 12.6 Å². The molecule has 1 amide bonds. The van der Waals surface area contributed by atoms with Crippen LogP contribution in [0.4, 0.5) is 5.69 Å². The Morgan fingerprint density at radius 2 is 2.38 bits per heavy atom. The van der Waals surface area contributed by atoms with Gasteiger partial charge < -0.3 is 4.90 Å². The number of hydrogen-bond donors (Lipinski definition) is 1. The van der Waals surface area contributed by atoms with Crippen LogP contribution < -0.4 is 4.90 Å². The molecule has 2 heterocycles. The van der Waals surface area contributed by atoms with E-state index in [9.17, 15) is 4.79 Å². The van der Waals surface area contributed by atoms with Gasteiger partial charge in [0.2, 0.25) is 5.91 Å². The van der Waals surface area contributed by atoms with Gasteiger partial charge in [-0.1, -0.05) is 0 Å². The van der Waals surface area contributed by atoms with Crippen LogP contribution in [0.3, 0.4) is 0 Å². The van der Waals surface area contributed by atoms with Gasteiger partial charge in [-0.05, 0) is 25.5 Å². The van der Waals surface area contributed by atoms with Crippen LogP contribution in [-0.4, -0.2) is 28.0 Å². The fraction of sp³-hybridized carbons (Fsp3) is 0.636. The van der Waals surface area contributed by atoms with E-state index < -0.39 is 0 Å². The Kier molecular flexibility index (Phi) is 3.23. The molecular formula is C11H17N3OS. The maximum atomic E-state index is 11.8. The topological polar surface area (TPSA) is 38.1 Å². The van der Waals surface area contributed by atoms with Gasteiger partial charge in [-0.2, -0.15) is 17.7 Å². The summed E-state index contributed by atoms with van der Waals surface area (Å²) in [5, 5.41) is 4.25. The summed E-state index contributed by atoms with van der Waals surface area (Å²) < 4.78 is 1.87. The van der Waals surface area contributed by atoms with Gasteiger partial charge in [-0.15, -0.1) is 0 Å². The summed E-state index contributed by atoms with van der Waals surface area (Å²) in [6, 6.07) is 0.326. The van der Waals surface area contributed by atoms with Crippen LogP contribution in [-0.2, 0) is 4.79 Å². The van der Waals surface area contributed by atoms with Crippen molar-refractivity contribution < 1.29 is 4.79 Å². The largest absolute Gasteiger partial charge is 0.309 e. The van der Waals surface area contributed by atoms with Gasteiger partial charge >= 0.3 is 0 Å². The lowest BCUT2D eigenvalue weighted by molar-refractivity contribution is -0.117. The molecule has 1 fully saturated rings. The van der Waals surface area contributed by atoms with Crippen molar-refractivity contribution in [1.29, 1.82) is 0 Å². The van der Waals surface area contributed by atoms with E-state index in [1.54, 1.807) is 6.20 Å². The molecule has 0 aliphatic carbocycles. The molecule has 0 N–H and O–H groups in total. The molecule has 0 aromatic carbocycles. The second kappa shape index (κ2) is 4.49. The molecule has 4 nitrogen and oxygen atoms in total. The zero-order chi connectivity index (χ0) is 11.7. The minimum atomic E-state index is 0.183. The Labute approximate surface area is 101 Å². The highest BCUT2D eigenvalue weighted by molar-refractivity contribution is 7.80. The van der Waals surface area contributed by atoms with Gasteiger partial charge in [0.15, 0.2) is 0 Å². The van der Waals surface area contributed by atoms with E-state index in [1.165, 1.54) is 0 Å². The van der Waals surface area contributed by atoms with E-state index in [4.69, 9.17) is 0 Å². The number of carbonyl (C=O) groups excluding carboxylic acids is 1. The van der Waals surface area contributed by atoms with E-state index in [2.05, 4.69) is 31.6 Å². The third-order valence-electron chi connectivity index (χ3n) is 2.89. The number of amides is 1. The van der Waals surface area contributed by atoms with E-state index >= 15 is 0 Å². The fourth-order valence-electron chi connectivity index (χ4n) is 1.90. The molecule has 5 heteroatoms. The molecule has 0 bridgehead atoms. The van der Waals surface area contributed by atoms with Crippen LogP contribution in [0.2, 0.25) is 0 Å². The second-order valence-corrected chi connectivity index (χ2v) is 4.89. The van der Waals surface area contributed by atoms with Crippen molar-refractivity contribution in [2.24, 2.45) is 5.92 Å². The number of nitrogens with zero attached hydrogens (tertiary/aromatic N) is 3. The van der Waals surface area contributed by atoms with Crippen LogP contribution in [0.5, 0.6) is 0 Å². The molecule has 1 unspecified atom stereocenters. The molecule has 1 aliphatic heterocycles. The van der Waals surface area contributed by atoms with Gasteiger partial charge in [0.25, 0.3) is 0 Å². The van der Waals surface area contributed by atoms with Crippen molar-refractivity contribution >= 4 is 24.2 Å². The summed E-state index contributed by atoms with van der Waals surface area (Å²) >= 11 is 4.25. The van der Waals surface area contributed by atoms with E-state index in [0.29, 0.717) is 18.4 Å². The zero-order valence-electron chi connectivity index (χ0n) is 9.63. The Balaban J connectivity index is 2.15. The molecule has 0 radical (unpaired) electrons. The van der Waals surface area contributed by atoms with Crippen molar-refractivity contribution in [3.8, 4) is 0 Å². The van der Waals surface area contributed by atoms with E-state index in [0.717, 1.165) is 18.0 Å². The minimum Gasteiger partial charge on any atom is -0.309 e. The smallest absolute Gasteiger partial charge is 0.227 e. The number of carbonyl (C=O) groups is 1. The number of thiol groups is 1. The standard InChI is InChI=1S/C11H17N3OS/c1-8(2)14-6-10(4-12-14)13-5-9(7-16)3-11(13)15/h4,6,8-9,16H,3,5,7H2,1-2H3. The molecule has 0 saturated carbocycles. The van der Waals surface area contributed by atoms with Crippen molar-refractivity contribution in [3.05, 3.63) is 12.4 Å². The Morgan fingerprint density at radius 3 is 2.88 bits per heavy atom. The Morgan fingerprint density at radius 1 is 1.62 bits per heavy atom. The summed E-state index contributed by atoms with van der Waals surface area (Å²) in [6.07, 6.45) is 4.30. The summed E-state index contributed by atoms with van der Waals surface area (Å²) in [7, 11) is 0. The van der Waals surface area contributed by atoms with Gasteiger partial charge in [-0.3, -0.25) is 9.48 Å². The normalized spacial score (nSPS) is 21.1. The summed E-state index contributed by atoms with van der Waals surface area (Å²) in [6.45, 7) is 4.91. The van der Waals surface area contributed by atoms with E-state index in [-0.39, 0.29) is 5.91 Å². The van der Waals surface area contributed by atoms with Crippen LogP contribution in [0.15, 0.2) is 12.4 Å². The van der Waals surface area contributed by atoms with Crippen LogP contribution in [0, 0.1) is 5.92 Å². The number of rotatable bonds is 3. The highest BCUT2D eigenvalue weighted by atomic mass is 32.1. The number of hydrogen-bond acceptors (Lipinski definition) is 3. The summed E-state index contributed by atoms with van der Waals surface area (Å²) in [5.41, 5.74) is 0.906. The van der Waals surface area contributed by atoms with Crippen molar-refractivity contribution in [1.82, 2.24) is 9.78 Å². The lowest BCUT2D eigenvalue weighted by Gasteiger charge is -2.13. The van der Waals surface area contributed by atoms with Crippen LogP contribution in [0.1, 0.15) is 26.3 Å². The maximum absolute atomic E-state index is 11.8. The first-order valence-electron chi connectivity index (χ1n) is 5.57. The first kappa shape index (κ1) is 11.5. The first-order valence-corrected chi connectivity index (χ1v) is 6.20. The van der Waals surface area contributed by atoms with Gasteiger partial charge in [0.1, 0.15) is 0 Å². The van der Waals surface area contributed by atoms with Gasteiger partial charge in [0.05, 0.1) is 11.9 Å². The number of aromatic nitrogens is 2. The van der Waals surface area contributed by atoms with E-state index in [1.807, 2.05) is 15.8 Å². The Hall–Kier alpha value is -0.970. The average molecular weight is 239 g/mol. The highest BCUT2D eigenvalue weighted by Gasteiger charge is 2.30. The summed E-state index contributed by atoms with van der Waals surface area (Å²) in [5.74, 6) is 1.32. The predicted molar refractivity (Wildman–Crippen MR) is 66.9 cm³/mol. The van der Waals surface area contributed by atoms with Crippen LogP contribution in [0.25, 0.3) is 0 Å². The highest BCUT2D eigenvalue weighted by Crippen LogP contribution is 2.25. The summed E-state index contributed by atoms with van der Waals surface area (Å²) in [4.78, 5) is 13.6. The molecule has 1 atom stereocenters. The van der Waals surface area contributed by atoms with Crippen molar-refractivity contribution in [3.63, 3.8) is 0 Å². The third-order valence-corrected chi connectivity index (χ3v) is 3.41. The fourth-order valence-corrected chi connectivity index (χ4v) is 2.15. The third kappa shape index (κ3) is 2.09. The molecular weight excluding hydrogens is 222 g/mol. The van der Waals surface area contributed by atoms with Crippen molar-refractivity contribution in [2.45, 2.75) is 26.3 Å². The molecule has 1 saturated heterocycles. The quantitative estimate of drug-likeness (QED) is 0.816. The van der Waals surface area contributed by atoms with Crippen molar-refractivity contribution in [2.75, 3.05) is 17.2 Å². The minimum absolute atomic E-state index is 0.183. The van der Waals surface area contributed by atoms with Gasteiger partial charge in [0, 0.05) is 25.2 Å². The molecule has 1 aromatic heterocycles. The SMILES string of the molecule is CC(C)n1cc(N2CC(CS)CC2=O)cn1. The number of anilines is 1. The van der Waals surface area contributed by atoms with Gasteiger partial charge in [-0.25, -0.2) is 0 Å². The lowest BCUT2D eigenvalue weighted by Crippen LogP contribution is -2.24. The predicted octanol–water partition coefficient (Wildman–Crippen LogP) is 1.75. The maximum Gasteiger partial charge on any atom is 0.227 e. The zero-order valence-corrected chi connectivity index (χ0v) is 10.5. The first-order chi connectivity index (χ1) is 7.61. The lowest BCUT2D eigenvalue weighted by atomic mass is 10.1. The molecule has 0 spiro atoms. The second-order valence-electron chi connectivity index (χ2n) is 4.53. The molecule has 1 aromatic rings. The monoisotopic (exact) mass is 239 g/mol. The average Bonchev–Trinajstić information content (AvgIpc) is 2.83. The molecule has 2 rings (SSSR count).